The van der Waals surface area contributed by atoms with Crippen molar-refractivity contribution in [3.05, 3.63) is 35.9 Å². The van der Waals surface area contributed by atoms with Gasteiger partial charge >= 0.3 is 5.97 Å². The Labute approximate surface area is 151 Å². The largest absolute Gasteiger partial charge is 0.479 e. The number of ketones is 1. The predicted molar refractivity (Wildman–Crippen MR) is 90.9 cm³/mol. The Kier molecular flexibility index (Phi) is 7.01. The zero-order valence-corrected chi connectivity index (χ0v) is 15.4. The van der Waals surface area contributed by atoms with Crippen molar-refractivity contribution in [3.8, 4) is 0 Å². The molecule has 0 heterocycles. The van der Waals surface area contributed by atoms with Gasteiger partial charge in [-0.2, -0.15) is 13.5 Å². The van der Waals surface area contributed by atoms with Crippen LogP contribution < -0.4 is 0 Å². The molecule has 0 unspecified atom stereocenters. The maximum Gasteiger partial charge on any atom is 0.341 e. The summed E-state index contributed by atoms with van der Waals surface area (Å²) in [6, 6.07) is 7.00. The Hall–Kier alpha value is -2.30. The maximum absolute atomic E-state index is 12.9. The van der Waals surface area contributed by atoms with Gasteiger partial charge in [-0.05, 0) is 5.92 Å². The van der Waals surface area contributed by atoms with Crippen molar-refractivity contribution in [2.24, 2.45) is 5.92 Å². The van der Waals surface area contributed by atoms with E-state index in [-0.39, 0.29) is 23.0 Å². The van der Waals surface area contributed by atoms with E-state index in [1.165, 1.54) is 24.3 Å². The number of carboxylic acid groups (broad SMARTS) is 1. The average Bonchev–Trinajstić information content (AvgIpc) is 2.52. The quantitative estimate of drug-likeness (QED) is 0.277. The second-order valence-corrected chi connectivity index (χ2v) is 7.51. The Balaban J connectivity index is 3.64. The molecule has 0 radical (unpaired) electrons. The highest BCUT2D eigenvalue weighted by Crippen LogP contribution is 2.26. The normalized spacial score (nSPS) is 13.9. The number of hydroxylamine groups is 2. The SMILES string of the molecule is CON(C(=O)CC(C)C)[C@@](CS(=O)(=O)O)(C(=O)O)C(=O)c1ccccc1. The lowest BCUT2D eigenvalue weighted by Crippen LogP contribution is -2.65. The third-order valence-corrected chi connectivity index (χ3v) is 4.28. The number of rotatable bonds is 9. The summed E-state index contributed by atoms with van der Waals surface area (Å²) < 4.78 is 32.3. The number of carbonyl (C=O) groups excluding carboxylic acids is 2. The number of nitrogens with zero attached hydrogens (tertiary/aromatic N) is 1. The molecule has 0 bridgehead atoms. The number of aliphatic carboxylic acids is 1. The zero-order chi connectivity index (χ0) is 20.1. The van der Waals surface area contributed by atoms with E-state index < -0.39 is 39.1 Å². The van der Waals surface area contributed by atoms with Gasteiger partial charge in [0, 0.05) is 12.0 Å². The van der Waals surface area contributed by atoms with E-state index in [1.54, 1.807) is 19.9 Å². The molecule has 1 aromatic rings. The fourth-order valence-corrected chi connectivity index (χ4v) is 3.36. The van der Waals surface area contributed by atoms with E-state index >= 15 is 0 Å². The topological polar surface area (TPSA) is 138 Å². The molecule has 0 aromatic heterocycles. The summed E-state index contributed by atoms with van der Waals surface area (Å²) in [6.07, 6.45) is -0.198. The molecular weight excluding hydrogens is 366 g/mol. The number of Topliss-reactive ketones (excluding diaryl/α,β-unsaturated/α-hetero) is 1. The van der Waals surface area contributed by atoms with Crippen LogP contribution in [0.15, 0.2) is 30.3 Å². The molecule has 1 amide bonds. The summed E-state index contributed by atoms with van der Waals surface area (Å²) in [5.41, 5.74) is -3.13. The van der Waals surface area contributed by atoms with Gasteiger partial charge in [0.25, 0.3) is 10.1 Å². The van der Waals surface area contributed by atoms with Gasteiger partial charge in [0.05, 0.1) is 7.11 Å². The van der Waals surface area contributed by atoms with Crippen LogP contribution in [-0.2, 0) is 24.5 Å². The first-order chi connectivity index (χ1) is 12.0. The first kappa shape index (κ1) is 21.7. The van der Waals surface area contributed by atoms with E-state index in [0.717, 1.165) is 7.11 Å². The smallest absolute Gasteiger partial charge is 0.341 e. The molecule has 0 aliphatic rings. The number of carbonyl (C=O) groups is 3. The second-order valence-electron chi connectivity index (χ2n) is 6.06. The van der Waals surface area contributed by atoms with Crippen molar-refractivity contribution in [2.75, 3.05) is 12.9 Å². The number of hydrogen-bond donors (Lipinski definition) is 2. The molecule has 1 atom stereocenters. The van der Waals surface area contributed by atoms with Crippen molar-refractivity contribution >= 4 is 27.8 Å². The average molecular weight is 387 g/mol. The van der Waals surface area contributed by atoms with Gasteiger partial charge < -0.3 is 5.11 Å². The van der Waals surface area contributed by atoms with E-state index in [1.807, 2.05) is 0 Å². The minimum atomic E-state index is -4.97. The lowest BCUT2D eigenvalue weighted by atomic mass is 9.89. The highest BCUT2D eigenvalue weighted by atomic mass is 32.2. The highest BCUT2D eigenvalue weighted by molar-refractivity contribution is 7.85. The van der Waals surface area contributed by atoms with Gasteiger partial charge in [-0.15, -0.1) is 0 Å². The van der Waals surface area contributed by atoms with Gasteiger partial charge in [-0.1, -0.05) is 44.2 Å². The summed E-state index contributed by atoms with van der Waals surface area (Å²) in [7, 11) is -4.03. The van der Waals surface area contributed by atoms with E-state index in [4.69, 9.17) is 4.84 Å². The van der Waals surface area contributed by atoms with Crippen molar-refractivity contribution in [2.45, 2.75) is 25.8 Å². The molecule has 1 rings (SSSR count). The van der Waals surface area contributed by atoms with Crippen molar-refractivity contribution in [3.63, 3.8) is 0 Å². The van der Waals surface area contributed by atoms with Crippen LogP contribution in [0.3, 0.4) is 0 Å². The molecule has 10 heteroatoms. The van der Waals surface area contributed by atoms with E-state index in [2.05, 4.69) is 0 Å². The third-order valence-electron chi connectivity index (χ3n) is 3.50. The maximum atomic E-state index is 12.9. The summed E-state index contributed by atoms with van der Waals surface area (Å²) in [4.78, 5) is 42.3. The van der Waals surface area contributed by atoms with Crippen LogP contribution in [0.5, 0.6) is 0 Å². The van der Waals surface area contributed by atoms with Crippen LogP contribution in [0.2, 0.25) is 0 Å². The fraction of sp³-hybridized carbons (Fsp3) is 0.438. The van der Waals surface area contributed by atoms with Gasteiger partial charge in [0.15, 0.2) is 0 Å². The van der Waals surface area contributed by atoms with Crippen LogP contribution in [0, 0.1) is 5.92 Å². The number of hydrogen-bond acceptors (Lipinski definition) is 6. The van der Waals surface area contributed by atoms with Crippen LogP contribution in [-0.4, -0.2) is 59.2 Å². The zero-order valence-electron chi connectivity index (χ0n) is 14.6. The van der Waals surface area contributed by atoms with Crippen LogP contribution in [0.1, 0.15) is 30.6 Å². The first-order valence-electron chi connectivity index (χ1n) is 7.61. The molecule has 0 aliphatic carbocycles. The molecule has 144 valence electrons. The van der Waals surface area contributed by atoms with Gasteiger partial charge in [-0.25, -0.2) is 4.79 Å². The minimum Gasteiger partial charge on any atom is -0.479 e. The molecule has 0 saturated carbocycles. The third kappa shape index (κ3) is 4.87. The van der Waals surface area contributed by atoms with E-state index in [9.17, 15) is 32.5 Å². The van der Waals surface area contributed by atoms with Gasteiger partial charge in [-0.3, -0.25) is 19.0 Å². The Morgan fingerprint density at radius 2 is 1.73 bits per heavy atom. The fourth-order valence-electron chi connectivity index (χ4n) is 2.46. The molecule has 0 aliphatic heterocycles. The van der Waals surface area contributed by atoms with Gasteiger partial charge in [0.1, 0.15) is 5.75 Å². The molecular formula is C16H21NO8S. The summed E-state index contributed by atoms with van der Waals surface area (Å²) in [6.45, 7) is 3.35. The lowest BCUT2D eigenvalue weighted by molar-refractivity contribution is -0.206. The molecule has 0 saturated heterocycles. The van der Waals surface area contributed by atoms with Crippen molar-refractivity contribution < 1.29 is 37.3 Å². The first-order valence-corrected chi connectivity index (χ1v) is 9.22. The standard InChI is InChI=1S/C16H21NO8S/c1-11(2)9-13(18)17(25-3)16(15(20)21,10-26(22,23)24)14(19)12-7-5-4-6-8-12/h4-8,11H,9-10H2,1-3H3,(H,20,21)(H,22,23,24)/t16-/m1/s1. The van der Waals surface area contributed by atoms with Gasteiger partial charge in [0.2, 0.25) is 17.2 Å². The Morgan fingerprint density at radius 3 is 2.12 bits per heavy atom. The summed E-state index contributed by atoms with van der Waals surface area (Å²) in [5, 5.41) is 9.95. The molecule has 26 heavy (non-hydrogen) atoms. The predicted octanol–water partition coefficient (Wildman–Crippen LogP) is 1.02. The molecule has 0 fully saturated rings. The van der Waals surface area contributed by atoms with Crippen molar-refractivity contribution in [1.29, 1.82) is 0 Å². The van der Waals surface area contributed by atoms with E-state index in [0.29, 0.717) is 0 Å². The molecule has 2 N–H and O–H groups in total. The molecule has 9 nitrogen and oxygen atoms in total. The van der Waals surface area contributed by atoms with Crippen LogP contribution in [0.4, 0.5) is 0 Å². The number of benzene rings is 1. The molecule has 0 spiro atoms. The summed E-state index contributed by atoms with van der Waals surface area (Å²) in [5.74, 6) is -5.83. The molecule has 1 aromatic carbocycles. The van der Waals surface area contributed by atoms with Crippen molar-refractivity contribution in [1.82, 2.24) is 5.06 Å². The number of carboxylic acids is 1. The summed E-state index contributed by atoms with van der Waals surface area (Å²) >= 11 is 0. The Bertz CT molecular complexity index is 775. The van der Waals surface area contributed by atoms with Crippen LogP contribution in [0.25, 0.3) is 0 Å². The Morgan fingerprint density at radius 1 is 1.19 bits per heavy atom. The minimum absolute atomic E-state index is 0.155. The number of amides is 1. The van der Waals surface area contributed by atoms with Crippen LogP contribution >= 0.6 is 0 Å². The highest BCUT2D eigenvalue weighted by Gasteiger charge is 2.57. The lowest BCUT2D eigenvalue weighted by Gasteiger charge is -2.36. The second kappa shape index (κ2) is 8.39. The monoisotopic (exact) mass is 387 g/mol.